The molecule has 5 heteroatoms. The van der Waals surface area contributed by atoms with E-state index in [9.17, 15) is 0 Å². The zero-order valence-electron chi connectivity index (χ0n) is 16.5. The fourth-order valence-electron chi connectivity index (χ4n) is 3.23. The van der Waals surface area contributed by atoms with Crippen molar-refractivity contribution in [1.29, 1.82) is 0 Å². The molecule has 0 spiro atoms. The molecule has 4 rings (SSSR count). The number of rotatable bonds is 3. The molecule has 1 aliphatic rings. The molecular weight excluding hydrogens is 348 g/mol. The van der Waals surface area contributed by atoms with Gasteiger partial charge in [0, 0.05) is 11.3 Å². The zero-order chi connectivity index (χ0) is 19.7. The number of hydrogen-bond donors (Lipinski definition) is 0. The number of hydrogen-bond acceptors (Lipinski definition) is 4. The summed E-state index contributed by atoms with van der Waals surface area (Å²) in [7, 11) is 1.66. The molecule has 0 amide bonds. The summed E-state index contributed by atoms with van der Waals surface area (Å²) in [5.74, 6) is 1.41. The second kappa shape index (κ2) is 7.27. The standard InChI is InChI=1S/C23H22N4O/c1-15-6-5-7-19(12-15)22-21(14-18-8-10-20(28-4)11-9-18)24-23(25-22)27-17(3)13-16(2)26-27/h5-14H,1-4H3/b21-14+. The Bertz CT molecular complexity index is 1120. The Morgan fingerprint density at radius 1 is 0.929 bits per heavy atom. The van der Waals surface area contributed by atoms with Crippen molar-refractivity contribution in [2.24, 2.45) is 9.98 Å². The lowest BCUT2D eigenvalue weighted by Gasteiger charge is -2.04. The van der Waals surface area contributed by atoms with E-state index in [0.29, 0.717) is 5.96 Å². The molecule has 0 saturated heterocycles. The lowest BCUT2D eigenvalue weighted by Crippen LogP contribution is -2.11. The van der Waals surface area contributed by atoms with Crippen molar-refractivity contribution >= 4 is 17.7 Å². The first-order chi connectivity index (χ1) is 13.5. The predicted molar refractivity (Wildman–Crippen MR) is 113 cm³/mol. The number of allylic oxidation sites excluding steroid dienone is 1. The summed E-state index contributed by atoms with van der Waals surface area (Å²) < 4.78 is 7.04. The van der Waals surface area contributed by atoms with Gasteiger partial charge in [0.15, 0.2) is 0 Å². The Morgan fingerprint density at radius 3 is 2.36 bits per heavy atom. The van der Waals surface area contributed by atoms with Crippen LogP contribution in [0.25, 0.3) is 6.08 Å². The Balaban J connectivity index is 1.81. The molecule has 0 unspecified atom stereocenters. The van der Waals surface area contributed by atoms with E-state index in [2.05, 4.69) is 30.2 Å². The molecule has 1 aliphatic heterocycles. The van der Waals surface area contributed by atoms with Gasteiger partial charge in [0.05, 0.1) is 18.5 Å². The van der Waals surface area contributed by atoms with Gasteiger partial charge in [0.1, 0.15) is 11.5 Å². The summed E-state index contributed by atoms with van der Waals surface area (Å²) in [6.45, 7) is 6.06. The van der Waals surface area contributed by atoms with Gasteiger partial charge in [-0.3, -0.25) is 0 Å². The lowest BCUT2D eigenvalue weighted by atomic mass is 10.0. The number of nitrogens with zero attached hydrogens (tertiary/aromatic N) is 4. The molecule has 0 fully saturated rings. The van der Waals surface area contributed by atoms with Crippen LogP contribution >= 0.6 is 0 Å². The van der Waals surface area contributed by atoms with Crippen molar-refractivity contribution in [3.8, 4) is 5.75 Å². The van der Waals surface area contributed by atoms with Crippen molar-refractivity contribution in [2.75, 3.05) is 7.11 Å². The van der Waals surface area contributed by atoms with E-state index in [1.807, 2.05) is 56.3 Å². The molecule has 0 bridgehead atoms. The first-order valence-corrected chi connectivity index (χ1v) is 9.18. The minimum atomic E-state index is 0.585. The van der Waals surface area contributed by atoms with Gasteiger partial charge in [-0.1, -0.05) is 35.9 Å². The molecule has 0 radical (unpaired) electrons. The molecule has 0 atom stereocenters. The molecule has 28 heavy (non-hydrogen) atoms. The number of ether oxygens (including phenoxy) is 1. The van der Waals surface area contributed by atoms with Crippen LogP contribution in [0, 0.1) is 20.8 Å². The maximum absolute atomic E-state index is 5.25. The Morgan fingerprint density at radius 2 is 1.71 bits per heavy atom. The average Bonchev–Trinajstić information content (AvgIpc) is 3.25. The smallest absolute Gasteiger partial charge is 0.252 e. The number of aromatic nitrogens is 2. The molecule has 2 heterocycles. The second-order valence-electron chi connectivity index (χ2n) is 6.88. The molecule has 1 aromatic heterocycles. The highest BCUT2D eigenvalue weighted by Gasteiger charge is 2.21. The maximum Gasteiger partial charge on any atom is 0.252 e. The van der Waals surface area contributed by atoms with E-state index < -0.39 is 0 Å². The summed E-state index contributed by atoms with van der Waals surface area (Å²) in [5, 5.41) is 4.54. The van der Waals surface area contributed by atoms with Crippen molar-refractivity contribution in [2.45, 2.75) is 20.8 Å². The van der Waals surface area contributed by atoms with Crippen LogP contribution in [0.1, 0.15) is 28.1 Å². The van der Waals surface area contributed by atoms with Crippen molar-refractivity contribution in [1.82, 2.24) is 9.78 Å². The van der Waals surface area contributed by atoms with Crippen LogP contribution in [0.4, 0.5) is 0 Å². The monoisotopic (exact) mass is 370 g/mol. The first-order valence-electron chi connectivity index (χ1n) is 9.18. The molecule has 0 aliphatic carbocycles. The highest BCUT2D eigenvalue weighted by Crippen LogP contribution is 2.23. The highest BCUT2D eigenvalue weighted by molar-refractivity contribution is 6.23. The highest BCUT2D eigenvalue weighted by atomic mass is 16.5. The van der Waals surface area contributed by atoms with Crippen LogP contribution in [-0.2, 0) is 0 Å². The maximum atomic E-state index is 5.25. The van der Waals surface area contributed by atoms with Gasteiger partial charge in [-0.25, -0.2) is 14.7 Å². The third kappa shape index (κ3) is 3.51. The van der Waals surface area contributed by atoms with Crippen LogP contribution < -0.4 is 4.74 Å². The summed E-state index contributed by atoms with van der Waals surface area (Å²) >= 11 is 0. The van der Waals surface area contributed by atoms with Crippen molar-refractivity contribution in [3.63, 3.8) is 0 Å². The molecule has 3 aromatic rings. The Labute approximate surface area is 164 Å². The fraction of sp³-hybridized carbons (Fsp3) is 0.174. The van der Waals surface area contributed by atoms with Crippen LogP contribution in [0.2, 0.25) is 0 Å². The number of methoxy groups -OCH3 is 1. The SMILES string of the molecule is COc1ccc(/C=C2/N=C(n3nc(C)cc3C)N=C2c2cccc(C)c2)cc1. The van der Waals surface area contributed by atoms with E-state index in [1.54, 1.807) is 11.8 Å². The van der Waals surface area contributed by atoms with Gasteiger partial charge in [-0.05, 0) is 56.7 Å². The number of aliphatic imine (C=N–C) groups is 2. The predicted octanol–water partition coefficient (Wildman–Crippen LogP) is 4.57. The summed E-state index contributed by atoms with van der Waals surface area (Å²) in [6.07, 6.45) is 2.04. The molecule has 140 valence electrons. The summed E-state index contributed by atoms with van der Waals surface area (Å²) in [4.78, 5) is 9.63. The van der Waals surface area contributed by atoms with E-state index in [1.165, 1.54) is 5.56 Å². The van der Waals surface area contributed by atoms with Crippen molar-refractivity contribution in [3.05, 3.63) is 88.4 Å². The minimum Gasteiger partial charge on any atom is -0.497 e. The van der Waals surface area contributed by atoms with E-state index >= 15 is 0 Å². The van der Waals surface area contributed by atoms with E-state index in [4.69, 9.17) is 14.7 Å². The van der Waals surface area contributed by atoms with Crippen molar-refractivity contribution < 1.29 is 4.74 Å². The van der Waals surface area contributed by atoms with Gasteiger partial charge >= 0.3 is 0 Å². The van der Waals surface area contributed by atoms with Crippen LogP contribution in [0.5, 0.6) is 5.75 Å². The topological polar surface area (TPSA) is 51.8 Å². The van der Waals surface area contributed by atoms with Gasteiger partial charge in [0.2, 0.25) is 0 Å². The summed E-state index contributed by atoms with van der Waals surface area (Å²) in [5.41, 5.74) is 6.88. The van der Waals surface area contributed by atoms with E-state index in [-0.39, 0.29) is 0 Å². The van der Waals surface area contributed by atoms with Crippen LogP contribution in [-0.4, -0.2) is 28.6 Å². The summed E-state index contributed by atoms with van der Waals surface area (Å²) in [6, 6.07) is 18.2. The largest absolute Gasteiger partial charge is 0.497 e. The molecule has 0 saturated carbocycles. The van der Waals surface area contributed by atoms with E-state index in [0.717, 1.165) is 39.7 Å². The van der Waals surface area contributed by atoms with Crippen LogP contribution in [0.15, 0.2) is 70.3 Å². The Hall–Kier alpha value is -3.47. The average molecular weight is 370 g/mol. The second-order valence-corrected chi connectivity index (χ2v) is 6.88. The molecular formula is C23H22N4O. The zero-order valence-corrected chi connectivity index (χ0v) is 16.5. The van der Waals surface area contributed by atoms with Gasteiger partial charge < -0.3 is 4.74 Å². The minimum absolute atomic E-state index is 0.585. The fourth-order valence-corrected chi connectivity index (χ4v) is 3.23. The van der Waals surface area contributed by atoms with Crippen LogP contribution in [0.3, 0.4) is 0 Å². The van der Waals surface area contributed by atoms with Gasteiger partial charge in [0.25, 0.3) is 5.96 Å². The number of benzene rings is 2. The third-order valence-electron chi connectivity index (χ3n) is 4.58. The molecule has 2 aromatic carbocycles. The van der Waals surface area contributed by atoms with Gasteiger partial charge in [-0.2, -0.15) is 5.10 Å². The van der Waals surface area contributed by atoms with Gasteiger partial charge in [-0.15, -0.1) is 0 Å². The third-order valence-corrected chi connectivity index (χ3v) is 4.58. The number of aryl methyl sites for hydroxylation is 3. The molecule has 5 nitrogen and oxygen atoms in total. The molecule has 0 N–H and O–H groups in total. The first kappa shape index (κ1) is 17.9. The normalized spacial score (nSPS) is 14.9. The quantitative estimate of drug-likeness (QED) is 0.678. The lowest BCUT2D eigenvalue weighted by molar-refractivity contribution is 0.415. The Kier molecular flexibility index (Phi) is 4.65.